The maximum absolute atomic E-state index is 4.63. The number of fused-ring (bicyclic) bond motifs is 3. The SMILES string of the molecule is CC(C)c1cc2c(NC3CC4CCC(C3)N4)nccn2n1. The highest BCUT2D eigenvalue weighted by Gasteiger charge is 2.33. The second kappa shape index (κ2) is 4.98. The highest BCUT2D eigenvalue weighted by atomic mass is 15.2. The molecule has 5 nitrogen and oxygen atoms in total. The average Bonchev–Trinajstić information content (AvgIpc) is 3.03. The predicted octanol–water partition coefficient (Wildman–Crippen LogP) is 2.55. The summed E-state index contributed by atoms with van der Waals surface area (Å²) in [5, 5.41) is 12.0. The van der Waals surface area contributed by atoms with E-state index in [2.05, 4.69) is 40.6 Å². The Balaban J connectivity index is 1.61. The lowest BCUT2D eigenvalue weighted by molar-refractivity contribution is 0.378. The molecule has 2 unspecified atom stereocenters. The van der Waals surface area contributed by atoms with Crippen LogP contribution in [0, 0.1) is 0 Å². The van der Waals surface area contributed by atoms with Gasteiger partial charge in [-0.05, 0) is 37.7 Å². The van der Waals surface area contributed by atoms with Crippen molar-refractivity contribution in [1.29, 1.82) is 0 Å². The number of anilines is 1. The Morgan fingerprint density at radius 3 is 2.76 bits per heavy atom. The Kier molecular flexibility index (Phi) is 3.10. The van der Waals surface area contributed by atoms with Crippen molar-refractivity contribution in [3.63, 3.8) is 0 Å². The molecule has 0 radical (unpaired) electrons. The molecule has 112 valence electrons. The number of hydrogen-bond acceptors (Lipinski definition) is 4. The Bertz CT molecular complexity index is 635. The average molecular weight is 285 g/mol. The van der Waals surface area contributed by atoms with Crippen LogP contribution in [-0.4, -0.2) is 32.7 Å². The summed E-state index contributed by atoms with van der Waals surface area (Å²) in [6.45, 7) is 4.35. The van der Waals surface area contributed by atoms with E-state index in [4.69, 9.17) is 0 Å². The van der Waals surface area contributed by atoms with E-state index in [1.165, 1.54) is 25.7 Å². The van der Waals surface area contributed by atoms with E-state index in [9.17, 15) is 0 Å². The zero-order valence-electron chi connectivity index (χ0n) is 12.7. The van der Waals surface area contributed by atoms with Crippen molar-refractivity contribution in [1.82, 2.24) is 19.9 Å². The van der Waals surface area contributed by atoms with Crippen LogP contribution in [0.25, 0.3) is 5.52 Å². The Labute approximate surface area is 125 Å². The number of nitrogens with zero attached hydrogens (tertiary/aromatic N) is 3. The van der Waals surface area contributed by atoms with Gasteiger partial charge < -0.3 is 10.6 Å². The van der Waals surface area contributed by atoms with Crippen molar-refractivity contribution < 1.29 is 0 Å². The molecule has 2 fully saturated rings. The second-order valence-electron chi connectivity index (χ2n) is 6.78. The van der Waals surface area contributed by atoms with Crippen molar-refractivity contribution in [2.75, 3.05) is 5.32 Å². The van der Waals surface area contributed by atoms with Crippen molar-refractivity contribution in [3.05, 3.63) is 24.2 Å². The number of piperidine rings is 1. The minimum absolute atomic E-state index is 0.437. The molecule has 2 saturated heterocycles. The van der Waals surface area contributed by atoms with Crippen molar-refractivity contribution >= 4 is 11.3 Å². The molecule has 0 spiro atoms. The van der Waals surface area contributed by atoms with Crippen LogP contribution >= 0.6 is 0 Å². The first-order chi connectivity index (χ1) is 10.2. The summed E-state index contributed by atoms with van der Waals surface area (Å²) in [6.07, 6.45) is 8.81. The molecule has 4 rings (SSSR count). The molecule has 21 heavy (non-hydrogen) atoms. The number of rotatable bonds is 3. The summed E-state index contributed by atoms with van der Waals surface area (Å²) in [6, 6.07) is 4.07. The van der Waals surface area contributed by atoms with Crippen LogP contribution < -0.4 is 10.6 Å². The van der Waals surface area contributed by atoms with Gasteiger partial charge in [0.2, 0.25) is 0 Å². The molecular weight excluding hydrogens is 262 g/mol. The summed E-state index contributed by atoms with van der Waals surface area (Å²) in [4.78, 5) is 4.55. The highest BCUT2D eigenvalue weighted by Crippen LogP contribution is 2.29. The van der Waals surface area contributed by atoms with E-state index >= 15 is 0 Å². The largest absolute Gasteiger partial charge is 0.365 e. The number of nitrogens with one attached hydrogen (secondary N) is 2. The summed E-state index contributed by atoms with van der Waals surface area (Å²) in [7, 11) is 0. The van der Waals surface area contributed by atoms with E-state index in [-0.39, 0.29) is 0 Å². The van der Waals surface area contributed by atoms with E-state index in [1.807, 2.05) is 16.9 Å². The lowest BCUT2D eigenvalue weighted by Gasteiger charge is -2.30. The minimum Gasteiger partial charge on any atom is -0.365 e. The molecule has 0 aliphatic carbocycles. The third-order valence-electron chi connectivity index (χ3n) is 4.81. The monoisotopic (exact) mass is 285 g/mol. The Hall–Kier alpha value is -1.62. The molecular formula is C16H23N5. The van der Waals surface area contributed by atoms with Gasteiger partial charge in [-0.25, -0.2) is 9.50 Å². The van der Waals surface area contributed by atoms with Crippen LogP contribution in [0.5, 0.6) is 0 Å². The van der Waals surface area contributed by atoms with Crippen LogP contribution in [0.15, 0.2) is 18.5 Å². The fourth-order valence-corrected chi connectivity index (χ4v) is 3.70. The van der Waals surface area contributed by atoms with Gasteiger partial charge in [-0.3, -0.25) is 0 Å². The standard InChI is InChI=1S/C16H23N5/c1-10(2)14-9-15-16(17-5-6-21(15)20-14)19-13-7-11-3-4-12(8-13)18-11/h5-6,9-13,18H,3-4,7-8H2,1-2H3,(H,17,19). The minimum atomic E-state index is 0.437. The van der Waals surface area contributed by atoms with Crippen LogP contribution in [0.3, 0.4) is 0 Å². The van der Waals surface area contributed by atoms with Crippen molar-refractivity contribution in [2.45, 2.75) is 63.6 Å². The van der Waals surface area contributed by atoms with E-state index in [0.717, 1.165) is 17.0 Å². The van der Waals surface area contributed by atoms with Crippen LogP contribution in [0.2, 0.25) is 0 Å². The zero-order chi connectivity index (χ0) is 14.4. The van der Waals surface area contributed by atoms with Gasteiger partial charge in [0.05, 0.1) is 5.69 Å². The zero-order valence-corrected chi connectivity index (χ0v) is 12.7. The first-order valence-electron chi connectivity index (χ1n) is 8.06. The van der Waals surface area contributed by atoms with Gasteiger partial charge in [0, 0.05) is 30.5 Å². The van der Waals surface area contributed by atoms with E-state index in [0.29, 0.717) is 24.0 Å². The molecule has 2 bridgehead atoms. The van der Waals surface area contributed by atoms with Gasteiger partial charge in [0.25, 0.3) is 0 Å². The topological polar surface area (TPSA) is 54.2 Å². The van der Waals surface area contributed by atoms with E-state index in [1.54, 1.807) is 0 Å². The van der Waals surface area contributed by atoms with E-state index < -0.39 is 0 Å². The summed E-state index contributed by atoms with van der Waals surface area (Å²) < 4.78 is 1.94. The molecule has 0 aromatic carbocycles. The van der Waals surface area contributed by atoms with Gasteiger partial charge in [-0.15, -0.1) is 0 Å². The van der Waals surface area contributed by atoms with Gasteiger partial charge in [0.1, 0.15) is 5.52 Å². The van der Waals surface area contributed by atoms with Crippen LogP contribution in [0.1, 0.15) is 51.1 Å². The quantitative estimate of drug-likeness (QED) is 0.910. The maximum Gasteiger partial charge on any atom is 0.152 e. The summed E-state index contributed by atoms with van der Waals surface area (Å²) in [5.41, 5.74) is 2.21. The van der Waals surface area contributed by atoms with Gasteiger partial charge in [-0.2, -0.15) is 5.10 Å². The van der Waals surface area contributed by atoms with Crippen LogP contribution in [-0.2, 0) is 0 Å². The molecule has 2 aliphatic heterocycles. The molecule has 2 aliphatic rings. The molecule has 2 N–H and O–H groups in total. The maximum atomic E-state index is 4.63. The molecule has 2 atom stereocenters. The van der Waals surface area contributed by atoms with Crippen molar-refractivity contribution in [3.8, 4) is 0 Å². The normalized spacial score (nSPS) is 28.4. The fraction of sp³-hybridized carbons (Fsp3) is 0.625. The lowest BCUT2D eigenvalue weighted by atomic mass is 10.00. The summed E-state index contributed by atoms with van der Waals surface area (Å²) >= 11 is 0. The summed E-state index contributed by atoms with van der Waals surface area (Å²) in [5.74, 6) is 1.41. The second-order valence-corrected chi connectivity index (χ2v) is 6.78. The third-order valence-corrected chi connectivity index (χ3v) is 4.81. The Morgan fingerprint density at radius 2 is 2.05 bits per heavy atom. The van der Waals surface area contributed by atoms with Crippen LogP contribution in [0.4, 0.5) is 5.82 Å². The molecule has 4 heterocycles. The molecule has 2 aromatic rings. The Morgan fingerprint density at radius 1 is 1.29 bits per heavy atom. The van der Waals surface area contributed by atoms with Crippen molar-refractivity contribution in [2.24, 2.45) is 0 Å². The fourth-order valence-electron chi connectivity index (χ4n) is 3.70. The number of hydrogen-bond donors (Lipinski definition) is 2. The predicted molar refractivity (Wildman–Crippen MR) is 83.7 cm³/mol. The number of aromatic nitrogens is 3. The van der Waals surface area contributed by atoms with Gasteiger partial charge in [-0.1, -0.05) is 13.8 Å². The smallest absolute Gasteiger partial charge is 0.152 e. The lowest BCUT2D eigenvalue weighted by Crippen LogP contribution is -2.43. The first kappa shape index (κ1) is 13.1. The molecule has 0 saturated carbocycles. The molecule has 0 amide bonds. The van der Waals surface area contributed by atoms with Gasteiger partial charge >= 0.3 is 0 Å². The molecule has 5 heteroatoms. The first-order valence-corrected chi connectivity index (χ1v) is 8.06. The highest BCUT2D eigenvalue weighted by molar-refractivity contribution is 5.68. The molecule has 2 aromatic heterocycles. The van der Waals surface area contributed by atoms with Gasteiger partial charge in [0.15, 0.2) is 5.82 Å². The third kappa shape index (κ3) is 2.39.